The van der Waals surface area contributed by atoms with Gasteiger partial charge in [0.05, 0.1) is 7.11 Å². The highest BCUT2D eigenvalue weighted by atomic mass is 35.5. The predicted molar refractivity (Wildman–Crippen MR) is 60.2 cm³/mol. The molecule has 4 nitrogen and oxygen atoms in total. The number of halogens is 1. The smallest absolute Gasteiger partial charge is 0.396 e. The molecule has 0 heterocycles. The van der Waals surface area contributed by atoms with Crippen LogP contribution in [0.4, 0.5) is 0 Å². The third-order valence-electron chi connectivity index (χ3n) is 1.96. The first kappa shape index (κ1) is 12.5. The normalized spacial score (nSPS) is 9.62. The molecular formula is C11H12ClNO3. The van der Waals surface area contributed by atoms with Crippen LogP contribution in [0.15, 0.2) is 24.3 Å². The zero-order valence-corrected chi connectivity index (χ0v) is 9.58. The van der Waals surface area contributed by atoms with Gasteiger partial charge in [0, 0.05) is 11.6 Å². The van der Waals surface area contributed by atoms with Gasteiger partial charge in [0.25, 0.3) is 0 Å². The summed E-state index contributed by atoms with van der Waals surface area (Å²) in [6, 6.07) is 7.32. The summed E-state index contributed by atoms with van der Waals surface area (Å²) in [5.41, 5.74) is 0.998. The molecule has 0 radical (unpaired) electrons. The fraction of sp³-hybridized carbons (Fsp3) is 0.273. The van der Waals surface area contributed by atoms with Gasteiger partial charge in [-0.05, 0) is 24.1 Å². The predicted octanol–water partition coefficient (Wildman–Crippen LogP) is 1.17. The van der Waals surface area contributed by atoms with E-state index in [1.165, 1.54) is 7.11 Å². The summed E-state index contributed by atoms with van der Waals surface area (Å²) < 4.78 is 4.26. The molecule has 1 aromatic rings. The quantitative estimate of drug-likeness (QED) is 0.639. The first-order valence-corrected chi connectivity index (χ1v) is 5.12. The van der Waals surface area contributed by atoms with Crippen LogP contribution in [-0.2, 0) is 20.7 Å². The SMILES string of the molecule is COC(=O)C(=O)NCCc1cccc(Cl)c1. The molecule has 0 unspecified atom stereocenters. The first-order valence-electron chi connectivity index (χ1n) is 4.74. The molecule has 0 fully saturated rings. The van der Waals surface area contributed by atoms with E-state index in [0.717, 1.165) is 5.56 Å². The number of rotatable bonds is 3. The number of hydrogen-bond donors (Lipinski definition) is 1. The van der Waals surface area contributed by atoms with Gasteiger partial charge in [-0.15, -0.1) is 0 Å². The van der Waals surface area contributed by atoms with E-state index in [4.69, 9.17) is 11.6 Å². The number of hydrogen-bond acceptors (Lipinski definition) is 3. The van der Waals surface area contributed by atoms with Crippen molar-refractivity contribution >= 4 is 23.5 Å². The van der Waals surface area contributed by atoms with Crippen molar-refractivity contribution in [2.24, 2.45) is 0 Å². The van der Waals surface area contributed by atoms with E-state index in [-0.39, 0.29) is 0 Å². The van der Waals surface area contributed by atoms with Crippen LogP contribution in [0.1, 0.15) is 5.56 Å². The molecule has 5 heteroatoms. The summed E-state index contributed by atoms with van der Waals surface area (Å²) in [5.74, 6) is -1.62. The molecule has 86 valence electrons. The van der Waals surface area contributed by atoms with E-state index in [0.29, 0.717) is 18.0 Å². The fourth-order valence-corrected chi connectivity index (χ4v) is 1.39. The maximum atomic E-state index is 11.0. The van der Waals surface area contributed by atoms with Crippen LogP contribution in [-0.4, -0.2) is 25.5 Å². The maximum Gasteiger partial charge on any atom is 0.396 e. The van der Waals surface area contributed by atoms with E-state index in [1.54, 1.807) is 6.07 Å². The Bertz CT molecular complexity index is 393. The number of carbonyl (C=O) groups excluding carboxylic acids is 2. The van der Waals surface area contributed by atoms with E-state index >= 15 is 0 Å². The molecule has 1 aromatic carbocycles. The zero-order chi connectivity index (χ0) is 12.0. The maximum absolute atomic E-state index is 11.0. The van der Waals surface area contributed by atoms with Crippen molar-refractivity contribution in [2.75, 3.05) is 13.7 Å². The Hall–Kier alpha value is -1.55. The molecule has 0 aliphatic rings. The molecule has 1 N–H and O–H groups in total. The minimum absolute atomic E-state index is 0.369. The van der Waals surface area contributed by atoms with Crippen molar-refractivity contribution in [3.8, 4) is 0 Å². The van der Waals surface area contributed by atoms with Gasteiger partial charge in [-0.3, -0.25) is 4.79 Å². The average Bonchev–Trinajstić information content (AvgIpc) is 2.28. The molecule has 0 atom stereocenters. The highest BCUT2D eigenvalue weighted by Crippen LogP contribution is 2.10. The largest absolute Gasteiger partial charge is 0.462 e. The Kier molecular flexibility index (Phi) is 4.79. The number of benzene rings is 1. The number of nitrogens with one attached hydrogen (secondary N) is 1. The Morgan fingerprint density at radius 1 is 1.44 bits per heavy atom. The third-order valence-corrected chi connectivity index (χ3v) is 2.19. The molecule has 0 bridgehead atoms. The van der Waals surface area contributed by atoms with Gasteiger partial charge < -0.3 is 10.1 Å². The van der Waals surface area contributed by atoms with Gasteiger partial charge in [0.15, 0.2) is 0 Å². The fourth-order valence-electron chi connectivity index (χ4n) is 1.18. The number of carbonyl (C=O) groups is 2. The molecule has 0 aromatic heterocycles. The minimum Gasteiger partial charge on any atom is -0.462 e. The van der Waals surface area contributed by atoms with Crippen molar-refractivity contribution in [2.45, 2.75) is 6.42 Å². The Morgan fingerprint density at radius 3 is 2.81 bits per heavy atom. The van der Waals surface area contributed by atoms with Crippen molar-refractivity contribution in [1.29, 1.82) is 0 Å². The van der Waals surface area contributed by atoms with Crippen LogP contribution in [0.3, 0.4) is 0 Å². The van der Waals surface area contributed by atoms with Crippen LogP contribution in [0.25, 0.3) is 0 Å². The summed E-state index contributed by atoms with van der Waals surface area (Å²) in [6.07, 6.45) is 0.614. The van der Waals surface area contributed by atoms with Crippen molar-refractivity contribution in [3.63, 3.8) is 0 Å². The standard InChI is InChI=1S/C11H12ClNO3/c1-16-11(15)10(14)13-6-5-8-3-2-4-9(12)7-8/h2-4,7H,5-6H2,1H3,(H,13,14). The van der Waals surface area contributed by atoms with Crippen LogP contribution in [0, 0.1) is 0 Å². The van der Waals surface area contributed by atoms with Crippen LogP contribution in [0.5, 0.6) is 0 Å². The van der Waals surface area contributed by atoms with Crippen molar-refractivity contribution in [1.82, 2.24) is 5.32 Å². The number of amides is 1. The summed E-state index contributed by atoms with van der Waals surface area (Å²) in [7, 11) is 1.17. The topological polar surface area (TPSA) is 55.4 Å². The van der Waals surface area contributed by atoms with Gasteiger partial charge in [-0.1, -0.05) is 23.7 Å². The van der Waals surface area contributed by atoms with E-state index in [2.05, 4.69) is 10.1 Å². The molecule has 0 saturated heterocycles. The van der Waals surface area contributed by atoms with E-state index < -0.39 is 11.9 Å². The lowest BCUT2D eigenvalue weighted by Gasteiger charge is -2.04. The minimum atomic E-state index is -0.883. The van der Waals surface area contributed by atoms with Gasteiger partial charge in [-0.2, -0.15) is 0 Å². The van der Waals surface area contributed by atoms with Crippen molar-refractivity contribution in [3.05, 3.63) is 34.9 Å². The second kappa shape index (κ2) is 6.12. The summed E-state index contributed by atoms with van der Waals surface area (Å²) in [5, 5.41) is 3.09. The summed E-state index contributed by atoms with van der Waals surface area (Å²) in [4.78, 5) is 21.8. The van der Waals surface area contributed by atoms with Crippen LogP contribution < -0.4 is 5.32 Å². The molecule has 0 aliphatic carbocycles. The number of methoxy groups -OCH3 is 1. The molecule has 16 heavy (non-hydrogen) atoms. The van der Waals surface area contributed by atoms with Gasteiger partial charge in [0.2, 0.25) is 0 Å². The van der Waals surface area contributed by atoms with Crippen LogP contribution in [0.2, 0.25) is 5.02 Å². The van der Waals surface area contributed by atoms with Gasteiger partial charge in [0.1, 0.15) is 0 Å². The second-order valence-corrected chi connectivity index (χ2v) is 3.56. The molecule has 1 amide bonds. The lowest BCUT2D eigenvalue weighted by Crippen LogP contribution is -2.33. The van der Waals surface area contributed by atoms with Gasteiger partial charge in [-0.25, -0.2) is 4.79 Å². The Morgan fingerprint density at radius 2 is 2.19 bits per heavy atom. The molecule has 1 rings (SSSR count). The average molecular weight is 242 g/mol. The van der Waals surface area contributed by atoms with Crippen LogP contribution >= 0.6 is 11.6 Å². The number of ether oxygens (including phenoxy) is 1. The highest BCUT2D eigenvalue weighted by molar-refractivity contribution is 6.32. The van der Waals surface area contributed by atoms with Crippen molar-refractivity contribution < 1.29 is 14.3 Å². The molecular weight excluding hydrogens is 230 g/mol. The summed E-state index contributed by atoms with van der Waals surface area (Å²) in [6.45, 7) is 0.369. The highest BCUT2D eigenvalue weighted by Gasteiger charge is 2.11. The first-order chi connectivity index (χ1) is 7.63. The van der Waals surface area contributed by atoms with E-state index in [1.807, 2.05) is 18.2 Å². The molecule has 0 saturated carbocycles. The summed E-state index contributed by atoms with van der Waals surface area (Å²) >= 11 is 5.80. The zero-order valence-electron chi connectivity index (χ0n) is 8.83. The molecule has 0 spiro atoms. The number of esters is 1. The van der Waals surface area contributed by atoms with E-state index in [9.17, 15) is 9.59 Å². The lowest BCUT2D eigenvalue weighted by molar-refractivity contribution is -0.152. The third kappa shape index (κ3) is 3.90. The van der Waals surface area contributed by atoms with Gasteiger partial charge >= 0.3 is 11.9 Å². The Balaban J connectivity index is 2.36. The Labute approximate surface area is 98.5 Å². The lowest BCUT2D eigenvalue weighted by atomic mass is 10.1. The monoisotopic (exact) mass is 241 g/mol. The molecule has 0 aliphatic heterocycles. The second-order valence-electron chi connectivity index (χ2n) is 3.13.